The molecule has 0 unspecified atom stereocenters. The Bertz CT molecular complexity index is 1140. The van der Waals surface area contributed by atoms with Crippen molar-refractivity contribution in [1.29, 1.82) is 0 Å². The number of hydrogen-bond donors (Lipinski definition) is 1. The Labute approximate surface area is 184 Å². The van der Waals surface area contributed by atoms with Crippen molar-refractivity contribution >= 4 is 11.9 Å². The molecule has 1 atom stereocenters. The molecule has 1 N–H and O–H groups in total. The van der Waals surface area contributed by atoms with Gasteiger partial charge >= 0.3 is 11.9 Å². The lowest BCUT2D eigenvalue weighted by Gasteiger charge is -2.15. The average Bonchev–Trinajstić information content (AvgIpc) is 3.64. The minimum atomic E-state index is -0.849. The lowest BCUT2D eigenvalue weighted by Crippen LogP contribution is -2.12. The van der Waals surface area contributed by atoms with Crippen LogP contribution in [0.4, 0.5) is 4.39 Å². The van der Waals surface area contributed by atoms with Gasteiger partial charge in [-0.1, -0.05) is 24.3 Å². The highest BCUT2D eigenvalue weighted by molar-refractivity contribution is 5.91. The molecule has 1 saturated carbocycles. The average molecular weight is 435 g/mol. The molecule has 4 rings (SSSR count). The van der Waals surface area contributed by atoms with Crippen molar-refractivity contribution in [2.45, 2.75) is 25.2 Å². The minimum absolute atomic E-state index is 0.0426. The molecule has 0 radical (unpaired) electrons. The fraction of sp³-hybridized carbons (Fsp3) is 0.240. The van der Waals surface area contributed by atoms with Crippen LogP contribution in [0.3, 0.4) is 0 Å². The molecule has 1 heterocycles. The van der Waals surface area contributed by atoms with E-state index in [1.807, 2.05) is 6.07 Å². The number of ether oxygens (including phenoxy) is 2. The monoisotopic (exact) mass is 435 g/mol. The number of methoxy groups -OCH3 is 1. The van der Waals surface area contributed by atoms with Crippen LogP contribution in [0.5, 0.6) is 11.6 Å². The van der Waals surface area contributed by atoms with Gasteiger partial charge in [-0.05, 0) is 60.1 Å². The first-order valence-electron chi connectivity index (χ1n) is 10.3. The maximum Gasteiger partial charge on any atom is 0.343 e. The smallest absolute Gasteiger partial charge is 0.343 e. The lowest BCUT2D eigenvalue weighted by molar-refractivity contribution is -0.137. The van der Waals surface area contributed by atoms with Crippen LogP contribution in [-0.2, 0) is 4.79 Å². The number of carbonyl (C=O) groups is 2. The quantitative estimate of drug-likeness (QED) is 0.392. The van der Waals surface area contributed by atoms with Crippen molar-refractivity contribution in [3.63, 3.8) is 0 Å². The van der Waals surface area contributed by atoms with Gasteiger partial charge in [-0.2, -0.15) is 0 Å². The molecular formula is C25H22FNO5. The maximum absolute atomic E-state index is 14.1. The zero-order valence-electron chi connectivity index (χ0n) is 17.5. The van der Waals surface area contributed by atoms with Gasteiger partial charge in [0.2, 0.25) is 5.88 Å². The summed E-state index contributed by atoms with van der Waals surface area (Å²) in [6.45, 7) is 0. The number of rotatable bonds is 8. The van der Waals surface area contributed by atoms with Gasteiger partial charge in [0.15, 0.2) is 0 Å². The first-order chi connectivity index (χ1) is 15.4. The number of esters is 1. The fourth-order valence-corrected chi connectivity index (χ4v) is 3.76. The first kappa shape index (κ1) is 21.5. The number of halogens is 1. The first-order valence-corrected chi connectivity index (χ1v) is 10.3. The predicted octanol–water partition coefficient (Wildman–Crippen LogP) is 5.08. The van der Waals surface area contributed by atoms with E-state index < -0.39 is 17.8 Å². The largest absolute Gasteiger partial charge is 0.481 e. The number of nitrogens with zero attached hydrogens (tertiary/aromatic N) is 1. The maximum atomic E-state index is 14.1. The Morgan fingerprint density at radius 1 is 1.16 bits per heavy atom. The standard InChI is InChI=1S/C25H22FNO5/c1-31-23-12-21(22(26)14-27-23)16-7-9-19(10-8-16)32-25(30)18-4-2-3-17(11-18)20(13-24(28)29)15-5-6-15/h2-4,7-12,14-15,20H,5-6,13H2,1H3,(H,28,29)/t20-/m0/s1. The zero-order valence-corrected chi connectivity index (χ0v) is 17.5. The summed E-state index contributed by atoms with van der Waals surface area (Å²) in [5, 5.41) is 9.22. The molecule has 0 saturated heterocycles. The molecule has 164 valence electrons. The third-order valence-electron chi connectivity index (χ3n) is 5.55. The van der Waals surface area contributed by atoms with Crippen molar-refractivity contribution in [2.75, 3.05) is 7.11 Å². The second-order valence-electron chi connectivity index (χ2n) is 7.79. The molecule has 1 aromatic heterocycles. The molecule has 1 fully saturated rings. The zero-order chi connectivity index (χ0) is 22.7. The van der Waals surface area contributed by atoms with Gasteiger partial charge < -0.3 is 14.6 Å². The highest BCUT2D eigenvalue weighted by atomic mass is 19.1. The Morgan fingerprint density at radius 3 is 2.56 bits per heavy atom. The van der Waals surface area contributed by atoms with Gasteiger partial charge in [0.25, 0.3) is 0 Å². The van der Waals surface area contributed by atoms with Gasteiger partial charge in [0, 0.05) is 11.6 Å². The number of benzene rings is 2. The molecule has 0 aliphatic heterocycles. The lowest BCUT2D eigenvalue weighted by atomic mass is 9.90. The summed E-state index contributed by atoms with van der Waals surface area (Å²) in [6.07, 6.45) is 3.14. The van der Waals surface area contributed by atoms with E-state index in [2.05, 4.69) is 4.98 Å². The van der Waals surface area contributed by atoms with Gasteiger partial charge in [-0.3, -0.25) is 4.79 Å². The van der Waals surface area contributed by atoms with Crippen LogP contribution < -0.4 is 9.47 Å². The van der Waals surface area contributed by atoms with Crippen molar-refractivity contribution < 1.29 is 28.6 Å². The van der Waals surface area contributed by atoms with Gasteiger partial charge in [0.1, 0.15) is 11.6 Å². The molecule has 6 nitrogen and oxygen atoms in total. The summed E-state index contributed by atoms with van der Waals surface area (Å²) in [6, 6.07) is 14.9. The number of carboxylic acids is 1. The van der Waals surface area contributed by atoms with E-state index in [-0.39, 0.29) is 12.3 Å². The third-order valence-corrected chi connectivity index (χ3v) is 5.55. The van der Waals surface area contributed by atoms with Crippen LogP contribution in [-0.4, -0.2) is 29.1 Å². The second-order valence-corrected chi connectivity index (χ2v) is 7.79. The van der Waals surface area contributed by atoms with E-state index >= 15 is 0 Å². The Hall–Kier alpha value is -3.74. The van der Waals surface area contributed by atoms with Crippen LogP contribution in [0, 0.1) is 11.7 Å². The SMILES string of the molecule is COc1cc(-c2ccc(OC(=O)c3cccc([C@@H](CC(=O)O)C4CC4)c3)cc2)c(F)cn1. The van der Waals surface area contributed by atoms with Crippen molar-refractivity contribution in [3.05, 3.63) is 77.7 Å². The summed E-state index contributed by atoms with van der Waals surface area (Å²) >= 11 is 0. The number of hydrogen-bond acceptors (Lipinski definition) is 5. The molecule has 3 aromatic rings. The topological polar surface area (TPSA) is 85.7 Å². The molecule has 1 aliphatic rings. The van der Waals surface area contributed by atoms with Crippen LogP contribution in [0.1, 0.15) is 41.1 Å². The van der Waals surface area contributed by atoms with E-state index in [9.17, 15) is 19.1 Å². The fourth-order valence-electron chi connectivity index (χ4n) is 3.76. The Kier molecular flexibility index (Phi) is 6.16. The number of carboxylic acid groups (broad SMARTS) is 1. The van der Waals surface area contributed by atoms with Crippen LogP contribution >= 0.6 is 0 Å². The van der Waals surface area contributed by atoms with Gasteiger partial charge in [-0.15, -0.1) is 0 Å². The van der Waals surface area contributed by atoms with E-state index in [1.165, 1.54) is 13.2 Å². The number of aliphatic carboxylic acids is 1. The normalized spacial score (nSPS) is 13.9. The Balaban J connectivity index is 1.49. The third kappa shape index (κ3) is 4.94. The Morgan fingerprint density at radius 2 is 1.91 bits per heavy atom. The highest BCUT2D eigenvalue weighted by Gasteiger charge is 2.34. The van der Waals surface area contributed by atoms with Gasteiger partial charge in [-0.25, -0.2) is 14.2 Å². The molecule has 0 spiro atoms. The van der Waals surface area contributed by atoms with Gasteiger partial charge in [0.05, 0.1) is 25.3 Å². The van der Waals surface area contributed by atoms with Crippen molar-refractivity contribution in [3.8, 4) is 22.8 Å². The van der Waals surface area contributed by atoms with E-state index in [0.29, 0.717) is 34.2 Å². The minimum Gasteiger partial charge on any atom is -0.481 e. The molecule has 2 aromatic carbocycles. The molecule has 7 heteroatoms. The van der Waals surface area contributed by atoms with Crippen molar-refractivity contribution in [1.82, 2.24) is 4.98 Å². The summed E-state index contributed by atoms with van der Waals surface area (Å²) < 4.78 is 24.6. The van der Waals surface area contributed by atoms with Crippen LogP contribution in [0.25, 0.3) is 11.1 Å². The number of aromatic nitrogens is 1. The number of pyridine rings is 1. The second kappa shape index (κ2) is 9.18. The molecule has 0 amide bonds. The van der Waals surface area contributed by atoms with E-state index in [4.69, 9.17) is 9.47 Å². The van der Waals surface area contributed by atoms with Crippen LogP contribution in [0.2, 0.25) is 0 Å². The molecular weight excluding hydrogens is 413 g/mol. The highest BCUT2D eigenvalue weighted by Crippen LogP contribution is 2.44. The van der Waals surface area contributed by atoms with E-state index in [0.717, 1.165) is 24.6 Å². The van der Waals surface area contributed by atoms with E-state index in [1.54, 1.807) is 42.5 Å². The molecule has 0 bridgehead atoms. The molecule has 1 aliphatic carbocycles. The van der Waals surface area contributed by atoms with Crippen molar-refractivity contribution in [2.24, 2.45) is 5.92 Å². The molecule has 32 heavy (non-hydrogen) atoms. The summed E-state index contributed by atoms with van der Waals surface area (Å²) in [5.41, 5.74) is 2.10. The summed E-state index contributed by atoms with van der Waals surface area (Å²) in [5.74, 6) is -1.03. The summed E-state index contributed by atoms with van der Waals surface area (Å²) in [4.78, 5) is 27.7. The summed E-state index contributed by atoms with van der Waals surface area (Å²) in [7, 11) is 1.45. The predicted molar refractivity (Wildman–Crippen MR) is 115 cm³/mol. The van der Waals surface area contributed by atoms with Crippen LogP contribution in [0.15, 0.2) is 60.8 Å². The number of carbonyl (C=O) groups excluding carboxylic acids is 1.